The van der Waals surface area contributed by atoms with Gasteiger partial charge in [-0.15, -0.1) is 0 Å². The van der Waals surface area contributed by atoms with Gasteiger partial charge in [-0.1, -0.05) is 85.7 Å². The van der Waals surface area contributed by atoms with Crippen LogP contribution in [0.25, 0.3) is 0 Å². The van der Waals surface area contributed by atoms with Crippen LogP contribution < -0.4 is 81.4 Å². The number of unbranched alkanes of at least 4 members (excludes halogenated alkanes) is 3. The van der Waals surface area contributed by atoms with Crippen LogP contribution in [0, 0.1) is 23.7 Å². The van der Waals surface area contributed by atoms with E-state index in [2.05, 4.69) is 58.5 Å². The van der Waals surface area contributed by atoms with Gasteiger partial charge in [0.2, 0.25) is 65.0 Å². The Bertz CT molecular complexity index is 2490. The van der Waals surface area contributed by atoms with Crippen molar-refractivity contribution in [1.82, 2.24) is 58.5 Å². The van der Waals surface area contributed by atoms with Gasteiger partial charge in [0.25, 0.3) is 0 Å². The molecule has 20 N–H and O–H groups in total. The quantitative estimate of drug-likeness (QED) is 0.0370. The minimum Gasteiger partial charge on any atom is -0.480 e. The lowest BCUT2D eigenvalue weighted by atomic mass is 10.00. The number of nitrogens with two attached hydrogens (primary N) is 4. The van der Waals surface area contributed by atoms with Crippen molar-refractivity contribution in [2.24, 2.45) is 46.6 Å². The Morgan fingerprint density at radius 1 is 0.330 bits per heavy atom. The number of aliphatic carboxylic acids is 1. The van der Waals surface area contributed by atoms with Crippen molar-refractivity contribution >= 4 is 70.9 Å². The second-order valence-corrected chi connectivity index (χ2v) is 25.4. The predicted molar refractivity (Wildman–Crippen MR) is 346 cm³/mol. The summed E-state index contributed by atoms with van der Waals surface area (Å²) in [5.41, 5.74) is 24.3. The van der Waals surface area contributed by atoms with Crippen LogP contribution in [0.5, 0.6) is 0 Å². The molecule has 516 valence electrons. The molecular weight excluding hydrogens is 1170 g/mol. The molecule has 28 heteroatoms. The van der Waals surface area contributed by atoms with Gasteiger partial charge in [-0.2, -0.15) is 0 Å². The Morgan fingerprint density at radius 2 is 0.571 bits per heavy atom. The first kappa shape index (κ1) is 81.7. The molecule has 0 aliphatic heterocycles. The number of carbonyl (C=O) groups excluding carboxylic acids is 11. The molecule has 0 saturated heterocycles. The predicted octanol–water partition coefficient (Wildman–Crippen LogP) is -0.375. The highest BCUT2D eigenvalue weighted by Crippen LogP contribution is 2.14. The lowest BCUT2D eigenvalue weighted by Gasteiger charge is -2.28. The summed E-state index contributed by atoms with van der Waals surface area (Å²) < 4.78 is 0. The van der Waals surface area contributed by atoms with Crippen LogP contribution in [0.2, 0.25) is 0 Å². The molecule has 0 aromatic heterocycles. The molecule has 1 rings (SSSR count). The molecule has 0 fully saturated rings. The standard InChI is InChI=1S/C63H111N15O13/c1-35(2)30-48(75-53(80)39(9)68-56(83)44(67)34-43-22-14-13-15-23-43)60(87)71-41(11)54(81)76-50(32-37(5)6)62(89)74-47(26-18-21-29-66)59(86)77-49(31-36(3)4)61(88)70-40(10)52(79)72-46(25-17-20-28-65)58(85)73-45(24-16-19-27-64)57(84)69-42(12)55(82)78-51(63(90)91)33-38(7)8/h13-15,22-23,35-42,44-51H,16-21,24-34,64-67H2,1-12H3,(H,68,83)(H,69,84)(H,70,88)(H,71,87)(H,72,79)(H,73,85)(H,74,89)(H,75,80)(H,76,81)(H,77,86)(H,78,82)(H,90,91)/t39-,40-,41-,42-,44-,45-,46-,47-,48-,49-,50-,51-/m0/s1. The average Bonchev–Trinajstić information content (AvgIpc) is 1.16. The van der Waals surface area contributed by atoms with Gasteiger partial charge in [0.05, 0.1) is 6.04 Å². The Labute approximate surface area is 537 Å². The smallest absolute Gasteiger partial charge is 0.326 e. The van der Waals surface area contributed by atoms with E-state index in [9.17, 15) is 62.6 Å². The largest absolute Gasteiger partial charge is 0.480 e. The Balaban J connectivity index is 3.30. The summed E-state index contributed by atoms with van der Waals surface area (Å²) in [7, 11) is 0. The number of amides is 11. The minimum atomic E-state index is -1.29. The molecule has 0 heterocycles. The summed E-state index contributed by atoms with van der Waals surface area (Å²) in [6.07, 6.45) is 3.60. The zero-order valence-electron chi connectivity index (χ0n) is 55.8. The van der Waals surface area contributed by atoms with Crippen LogP contribution in [0.3, 0.4) is 0 Å². The van der Waals surface area contributed by atoms with E-state index < -0.39 is 143 Å². The van der Waals surface area contributed by atoms with Gasteiger partial charge in [-0.25, -0.2) is 4.79 Å². The van der Waals surface area contributed by atoms with Crippen LogP contribution in [-0.2, 0) is 64.0 Å². The molecule has 0 radical (unpaired) electrons. The maximum absolute atomic E-state index is 14.3. The first-order valence-electron chi connectivity index (χ1n) is 32.2. The number of nitrogens with one attached hydrogen (secondary N) is 11. The normalized spacial score (nSPS) is 15.3. The Hall–Kier alpha value is -7.30. The highest BCUT2D eigenvalue weighted by molar-refractivity contribution is 5.99. The molecule has 0 unspecified atom stereocenters. The fraction of sp³-hybridized carbons (Fsp3) is 0.714. The third-order valence-corrected chi connectivity index (χ3v) is 14.7. The molecule has 0 spiro atoms. The van der Waals surface area contributed by atoms with Crippen molar-refractivity contribution in [2.45, 2.75) is 245 Å². The third-order valence-electron chi connectivity index (χ3n) is 14.7. The molecule has 1 aromatic rings. The van der Waals surface area contributed by atoms with Gasteiger partial charge in [-0.3, -0.25) is 52.7 Å². The topological polar surface area (TPSA) is 461 Å². The fourth-order valence-corrected chi connectivity index (χ4v) is 9.58. The van der Waals surface area contributed by atoms with Crippen molar-refractivity contribution in [2.75, 3.05) is 19.6 Å². The fourth-order valence-electron chi connectivity index (χ4n) is 9.58. The van der Waals surface area contributed by atoms with Gasteiger partial charge in [0, 0.05) is 0 Å². The highest BCUT2D eigenvalue weighted by Gasteiger charge is 2.35. The summed E-state index contributed by atoms with van der Waals surface area (Å²) in [6, 6.07) is -5.05. The molecule has 12 atom stereocenters. The van der Waals surface area contributed by atoms with Crippen molar-refractivity contribution in [3.8, 4) is 0 Å². The SMILES string of the molecule is CC(C)C[C@H](NC(=O)[C@H](C)NC(=O)[C@H](CCCCN)NC(=O)[C@H](CCCCN)NC(=O)[C@H](C)NC(=O)[C@H](CC(C)C)NC(=O)[C@H](CCCCN)NC(=O)[C@H](CC(C)C)NC(=O)[C@H](C)NC(=O)[C@H](CC(C)C)NC(=O)[C@H](C)NC(=O)[C@@H](N)Cc1ccccc1)C(=O)O. The third kappa shape index (κ3) is 33.0. The van der Waals surface area contributed by atoms with E-state index in [0.717, 1.165) is 5.56 Å². The van der Waals surface area contributed by atoms with Crippen molar-refractivity contribution in [3.63, 3.8) is 0 Å². The maximum Gasteiger partial charge on any atom is 0.326 e. The van der Waals surface area contributed by atoms with Crippen molar-refractivity contribution in [3.05, 3.63) is 35.9 Å². The molecule has 28 nitrogen and oxygen atoms in total. The molecular formula is C63H111N15O13. The van der Waals surface area contributed by atoms with Gasteiger partial charge in [0.1, 0.15) is 66.5 Å². The first-order valence-corrected chi connectivity index (χ1v) is 32.2. The van der Waals surface area contributed by atoms with Gasteiger partial charge in [0.15, 0.2) is 0 Å². The summed E-state index contributed by atoms with van der Waals surface area (Å²) in [4.78, 5) is 163. The van der Waals surface area contributed by atoms with E-state index in [1.54, 1.807) is 13.8 Å². The van der Waals surface area contributed by atoms with Crippen LogP contribution in [0.4, 0.5) is 0 Å². The molecule has 0 aliphatic rings. The van der Waals surface area contributed by atoms with Crippen LogP contribution in [-0.4, -0.2) is 168 Å². The number of carboxylic acids is 1. The van der Waals surface area contributed by atoms with Gasteiger partial charge < -0.3 is 86.5 Å². The molecule has 0 bridgehead atoms. The number of rotatable bonds is 45. The lowest BCUT2D eigenvalue weighted by molar-refractivity contribution is -0.142. The van der Waals surface area contributed by atoms with Gasteiger partial charge in [-0.05, 0) is 166 Å². The van der Waals surface area contributed by atoms with Crippen molar-refractivity contribution in [1.29, 1.82) is 0 Å². The minimum absolute atomic E-state index is 0.0552. The highest BCUT2D eigenvalue weighted by atomic mass is 16.4. The van der Waals surface area contributed by atoms with E-state index in [1.165, 1.54) is 27.7 Å². The summed E-state index contributed by atoms with van der Waals surface area (Å²) in [6.45, 7) is 21.0. The van der Waals surface area contributed by atoms with E-state index in [-0.39, 0.29) is 88.1 Å². The van der Waals surface area contributed by atoms with Gasteiger partial charge >= 0.3 is 5.97 Å². The molecule has 0 aliphatic carbocycles. The number of hydrogen-bond acceptors (Lipinski definition) is 16. The number of hydrogen-bond donors (Lipinski definition) is 16. The second kappa shape index (κ2) is 43.5. The number of carboxylic acid groups (broad SMARTS) is 1. The summed E-state index contributed by atoms with van der Waals surface area (Å²) in [5.74, 6) is -9.64. The Morgan fingerprint density at radius 3 is 0.879 bits per heavy atom. The molecule has 91 heavy (non-hydrogen) atoms. The molecule has 11 amide bonds. The van der Waals surface area contributed by atoms with Crippen molar-refractivity contribution < 1.29 is 62.6 Å². The van der Waals surface area contributed by atoms with Crippen LogP contribution >= 0.6 is 0 Å². The molecule has 1 aromatic carbocycles. The first-order chi connectivity index (χ1) is 42.7. The molecule has 0 saturated carbocycles. The van der Waals surface area contributed by atoms with E-state index in [1.807, 2.05) is 71.9 Å². The van der Waals surface area contributed by atoms with E-state index >= 15 is 0 Å². The Kier molecular flexibility index (Phi) is 39.0. The monoisotopic (exact) mass is 1290 g/mol. The van der Waals surface area contributed by atoms with E-state index in [0.29, 0.717) is 45.1 Å². The van der Waals surface area contributed by atoms with Crippen LogP contribution in [0.15, 0.2) is 30.3 Å². The number of carbonyl (C=O) groups is 12. The van der Waals surface area contributed by atoms with Crippen LogP contribution in [0.1, 0.15) is 172 Å². The summed E-state index contributed by atoms with van der Waals surface area (Å²) >= 11 is 0. The zero-order valence-corrected chi connectivity index (χ0v) is 55.8. The summed E-state index contributed by atoms with van der Waals surface area (Å²) in [5, 5.41) is 38.7. The number of benzene rings is 1. The van der Waals surface area contributed by atoms with E-state index in [4.69, 9.17) is 22.9 Å². The average molecular weight is 1290 g/mol. The maximum atomic E-state index is 14.3. The second-order valence-electron chi connectivity index (χ2n) is 25.4. The zero-order chi connectivity index (χ0) is 69.1. The lowest BCUT2D eigenvalue weighted by Crippen LogP contribution is -2.60.